The van der Waals surface area contributed by atoms with E-state index in [2.05, 4.69) is 35.9 Å². The topological polar surface area (TPSA) is 55.1 Å². The molecular formula is C32H29F2N5O. The van der Waals surface area contributed by atoms with Gasteiger partial charge in [0.1, 0.15) is 17.5 Å². The largest absolute Gasteiger partial charge is 0.323 e. The fraction of sp³-hybridized carbons (Fsp3) is 0.188. The Morgan fingerprint density at radius 3 is 2.42 bits per heavy atom. The molecular weight excluding hydrogens is 508 g/mol. The third-order valence-corrected chi connectivity index (χ3v) is 7.44. The van der Waals surface area contributed by atoms with E-state index in [4.69, 9.17) is 5.10 Å². The van der Waals surface area contributed by atoms with Crippen molar-refractivity contribution in [3.8, 4) is 11.5 Å². The highest BCUT2D eigenvalue weighted by Crippen LogP contribution is 2.39. The molecule has 0 saturated heterocycles. The first-order chi connectivity index (χ1) is 19.3. The van der Waals surface area contributed by atoms with Crippen LogP contribution in [0.1, 0.15) is 53.9 Å². The number of nitrogens with one attached hydrogen (secondary N) is 1. The quantitative estimate of drug-likeness (QED) is 0.258. The second kappa shape index (κ2) is 10.1. The first-order valence-electron chi connectivity index (χ1n) is 13.3. The number of hydrogen-bond donors (Lipinski definition) is 1. The number of halogens is 2. The molecule has 2 aromatic heterocycles. The van der Waals surface area contributed by atoms with Crippen LogP contribution in [0.4, 0.5) is 19.3 Å². The van der Waals surface area contributed by atoms with Crippen LogP contribution in [0.3, 0.4) is 0 Å². The summed E-state index contributed by atoms with van der Waals surface area (Å²) < 4.78 is 32.1. The average molecular weight is 538 g/mol. The van der Waals surface area contributed by atoms with E-state index in [1.165, 1.54) is 11.6 Å². The van der Waals surface area contributed by atoms with Crippen LogP contribution in [0, 0.1) is 18.6 Å². The van der Waals surface area contributed by atoms with Gasteiger partial charge in [-0.2, -0.15) is 5.10 Å². The molecule has 6 nitrogen and oxygen atoms in total. The Balaban J connectivity index is 1.52. The molecule has 8 heteroatoms. The number of urea groups is 1. The lowest BCUT2D eigenvalue weighted by atomic mass is 9.97. The standard InChI is InChI=1S/C32H29F2N5O/c1-20(2)22-11-13-23(14-12-22)30-29-10-7-17-37(29)31-26(21(3)36-39(31)25-8-5-4-6-9-25)19-38(30)32(40)35-28-16-15-24(33)18-27(28)34/h4-18,20,30H,19H2,1-3H3,(H,35,40)/t30-/m1/s1. The van der Waals surface area contributed by atoms with Crippen molar-refractivity contribution in [1.82, 2.24) is 19.2 Å². The third-order valence-electron chi connectivity index (χ3n) is 7.44. The number of anilines is 1. The molecule has 40 heavy (non-hydrogen) atoms. The highest BCUT2D eigenvalue weighted by Gasteiger charge is 2.36. The zero-order valence-electron chi connectivity index (χ0n) is 22.5. The SMILES string of the molecule is Cc1nn(-c2ccccc2)c2c1CN(C(=O)Nc1ccc(F)cc1F)[C@H](c1ccc(C(C)C)cc1)c1cccn1-2. The number of fused-ring (bicyclic) bond motifs is 3. The maximum Gasteiger partial charge on any atom is 0.323 e. The van der Waals surface area contributed by atoms with E-state index >= 15 is 0 Å². The van der Waals surface area contributed by atoms with Crippen molar-refractivity contribution < 1.29 is 13.6 Å². The number of aromatic nitrogens is 3. The molecule has 0 aliphatic carbocycles. The minimum atomic E-state index is -0.835. The average Bonchev–Trinajstić information content (AvgIpc) is 3.51. The number of carbonyl (C=O) groups is 1. The van der Waals surface area contributed by atoms with Crippen molar-refractivity contribution in [1.29, 1.82) is 0 Å². The van der Waals surface area contributed by atoms with E-state index in [1.807, 2.05) is 72.4 Å². The fourth-order valence-electron chi connectivity index (χ4n) is 5.34. The summed E-state index contributed by atoms with van der Waals surface area (Å²) in [5.74, 6) is -0.342. The number of rotatable bonds is 4. The van der Waals surface area contributed by atoms with Gasteiger partial charge < -0.3 is 14.8 Å². The smallest absolute Gasteiger partial charge is 0.307 e. The Bertz CT molecular complexity index is 1690. The Kier molecular flexibility index (Phi) is 6.46. The number of amides is 2. The van der Waals surface area contributed by atoms with Crippen LogP contribution in [0.25, 0.3) is 11.5 Å². The van der Waals surface area contributed by atoms with Gasteiger partial charge in [0.2, 0.25) is 0 Å². The minimum absolute atomic E-state index is 0.0862. The Hall–Kier alpha value is -4.72. The minimum Gasteiger partial charge on any atom is -0.307 e. The number of carbonyl (C=O) groups excluding carboxylic acids is 1. The van der Waals surface area contributed by atoms with E-state index < -0.39 is 23.7 Å². The molecule has 0 saturated carbocycles. The van der Waals surface area contributed by atoms with Gasteiger partial charge in [0.25, 0.3) is 0 Å². The Morgan fingerprint density at radius 2 is 1.73 bits per heavy atom. The van der Waals surface area contributed by atoms with Crippen molar-refractivity contribution in [3.63, 3.8) is 0 Å². The number of aryl methyl sites for hydroxylation is 1. The molecule has 3 heterocycles. The molecule has 0 spiro atoms. The van der Waals surface area contributed by atoms with Gasteiger partial charge in [0.05, 0.1) is 35.3 Å². The van der Waals surface area contributed by atoms with Crippen LogP contribution in [0.5, 0.6) is 0 Å². The van der Waals surface area contributed by atoms with Gasteiger partial charge in [0.15, 0.2) is 0 Å². The summed E-state index contributed by atoms with van der Waals surface area (Å²) in [5.41, 5.74) is 5.44. The predicted octanol–water partition coefficient (Wildman–Crippen LogP) is 7.51. The van der Waals surface area contributed by atoms with E-state index in [9.17, 15) is 13.6 Å². The van der Waals surface area contributed by atoms with Crippen LogP contribution in [-0.4, -0.2) is 25.3 Å². The monoisotopic (exact) mass is 537 g/mol. The predicted molar refractivity (Wildman–Crippen MR) is 151 cm³/mol. The molecule has 202 valence electrons. The third kappa shape index (κ3) is 4.45. The van der Waals surface area contributed by atoms with Crippen molar-refractivity contribution in [3.05, 3.63) is 131 Å². The first-order valence-corrected chi connectivity index (χ1v) is 13.3. The summed E-state index contributed by atoms with van der Waals surface area (Å²) in [6.07, 6.45) is 1.98. The summed E-state index contributed by atoms with van der Waals surface area (Å²) >= 11 is 0. The van der Waals surface area contributed by atoms with E-state index in [0.717, 1.165) is 46.2 Å². The zero-order chi connectivity index (χ0) is 28.0. The van der Waals surface area contributed by atoms with Crippen LogP contribution in [0.15, 0.2) is 91.1 Å². The van der Waals surface area contributed by atoms with E-state index in [1.54, 1.807) is 4.90 Å². The zero-order valence-corrected chi connectivity index (χ0v) is 22.5. The normalized spacial score (nSPS) is 14.6. The van der Waals surface area contributed by atoms with Crippen molar-refractivity contribution in [2.24, 2.45) is 0 Å². The maximum absolute atomic E-state index is 14.6. The molecule has 5 aromatic rings. The number of para-hydroxylation sites is 1. The van der Waals surface area contributed by atoms with E-state index in [0.29, 0.717) is 5.92 Å². The van der Waals surface area contributed by atoms with Crippen molar-refractivity contribution in [2.75, 3.05) is 5.32 Å². The number of benzene rings is 3. The van der Waals surface area contributed by atoms with Gasteiger partial charge in [-0.05, 0) is 60.4 Å². The van der Waals surface area contributed by atoms with Gasteiger partial charge in [0, 0.05) is 17.8 Å². The lowest BCUT2D eigenvalue weighted by molar-refractivity contribution is 0.194. The van der Waals surface area contributed by atoms with Crippen molar-refractivity contribution >= 4 is 11.7 Å². The molecule has 1 aliphatic heterocycles. The maximum atomic E-state index is 14.6. The highest BCUT2D eigenvalue weighted by molar-refractivity contribution is 5.90. The number of hydrogen-bond acceptors (Lipinski definition) is 2. The lowest BCUT2D eigenvalue weighted by Gasteiger charge is -2.31. The van der Waals surface area contributed by atoms with Gasteiger partial charge in [-0.1, -0.05) is 56.3 Å². The second-order valence-corrected chi connectivity index (χ2v) is 10.3. The Morgan fingerprint density at radius 1 is 0.975 bits per heavy atom. The summed E-state index contributed by atoms with van der Waals surface area (Å²) in [6.45, 7) is 6.42. The van der Waals surface area contributed by atoms with Gasteiger partial charge >= 0.3 is 6.03 Å². The van der Waals surface area contributed by atoms with Crippen LogP contribution in [-0.2, 0) is 6.54 Å². The van der Waals surface area contributed by atoms with Crippen LogP contribution in [0.2, 0.25) is 0 Å². The molecule has 1 N–H and O–H groups in total. The molecule has 0 bridgehead atoms. The molecule has 0 unspecified atom stereocenters. The molecule has 3 aromatic carbocycles. The van der Waals surface area contributed by atoms with Crippen LogP contribution < -0.4 is 5.32 Å². The summed E-state index contributed by atoms with van der Waals surface area (Å²) in [4.78, 5) is 15.7. The lowest BCUT2D eigenvalue weighted by Crippen LogP contribution is -2.38. The van der Waals surface area contributed by atoms with Gasteiger partial charge in [-0.25, -0.2) is 18.3 Å². The fourth-order valence-corrected chi connectivity index (χ4v) is 5.34. The highest BCUT2D eigenvalue weighted by atomic mass is 19.1. The molecule has 2 amide bonds. The molecule has 0 fully saturated rings. The first kappa shape index (κ1) is 25.6. The van der Waals surface area contributed by atoms with Crippen LogP contribution >= 0.6 is 0 Å². The summed E-state index contributed by atoms with van der Waals surface area (Å²) in [7, 11) is 0. The molecule has 6 rings (SSSR count). The molecule has 0 radical (unpaired) electrons. The summed E-state index contributed by atoms with van der Waals surface area (Å²) in [5, 5.41) is 7.53. The Labute approximate surface area is 231 Å². The molecule has 1 atom stereocenters. The van der Waals surface area contributed by atoms with E-state index in [-0.39, 0.29) is 12.2 Å². The van der Waals surface area contributed by atoms with Gasteiger partial charge in [-0.3, -0.25) is 0 Å². The number of nitrogens with zero attached hydrogens (tertiary/aromatic N) is 4. The second-order valence-electron chi connectivity index (χ2n) is 10.3. The van der Waals surface area contributed by atoms with Gasteiger partial charge in [-0.15, -0.1) is 0 Å². The molecule has 1 aliphatic rings. The summed E-state index contributed by atoms with van der Waals surface area (Å²) in [6, 6.07) is 24.2. The van der Waals surface area contributed by atoms with Crippen molar-refractivity contribution in [2.45, 2.75) is 39.3 Å².